The molecule has 2 aromatic rings. The fourth-order valence-corrected chi connectivity index (χ4v) is 3.42. The van der Waals surface area contributed by atoms with Crippen LogP contribution in [0.4, 0.5) is 5.69 Å². The van der Waals surface area contributed by atoms with Crippen LogP contribution in [0.1, 0.15) is 19.0 Å². The van der Waals surface area contributed by atoms with Gasteiger partial charge in [0.2, 0.25) is 5.88 Å². The van der Waals surface area contributed by atoms with E-state index in [2.05, 4.69) is 27.4 Å². The number of nitrogens with zero attached hydrogens (tertiary/aromatic N) is 3. The molecule has 0 saturated carbocycles. The van der Waals surface area contributed by atoms with Crippen molar-refractivity contribution in [2.24, 2.45) is 4.99 Å². The molecule has 1 saturated heterocycles. The lowest BCUT2D eigenvalue weighted by Gasteiger charge is -2.21. The second-order valence-electron chi connectivity index (χ2n) is 7.01. The Morgan fingerprint density at radius 3 is 2.57 bits per heavy atom. The second-order valence-corrected chi connectivity index (χ2v) is 7.01. The Labute approximate surface area is 178 Å². The lowest BCUT2D eigenvalue weighted by atomic mass is 10.2. The van der Waals surface area contributed by atoms with Gasteiger partial charge in [-0.05, 0) is 19.4 Å². The van der Waals surface area contributed by atoms with Gasteiger partial charge in [-0.15, -0.1) is 0 Å². The molecule has 1 atom stereocenters. The summed E-state index contributed by atoms with van der Waals surface area (Å²) in [6.07, 6.45) is 1.02. The Kier molecular flexibility index (Phi) is 7.59. The summed E-state index contributed by atoms with van der Waals surface area (Å²) < 4.78 is 16.0. The molecule has 2 N–H and O–H groups in total. The van der Waals surface area contributed by atoms with E-state index in [0.29, 0.717) is 18.5 Å². The van der Waals surface area contributed by atoms with Gasteiger partial charge >= 0.3 is 0 Å². The van der Waals surface area contributed by atoms with Crippen molar-refractivity contribution >= 4 is 11.6 Å². The van der Waals surface area contributed by atoms with E-state index >= 15 is 0 Å². The summed E-state index contributed by atoms with van der Waals surface area (Å²) in [5, 5.41) is 6.87. The van der Waals surface area contributed by atoms with Crippen LogP contribution in [0.3, 0.4) is 0 Å². The normalized spacial score (nSPS) is 16.3. The van der Waals surface area contributed by atoms with E-state index in [-0.39, 0.29) is 0 Å². The fourth-order valence-electron chi connectivity index (χ4n) is 3.42. The summed E-state index contributed by atoms with van der Waals surface area (Å²) in [7, 11) is 4.96. The molecule has 0 aliphatic carbocycles. The highest BCUT2D eigenvalue weighted by Crippen LogP contribution is 2.30. The quantitative estimate of drug-likeness (QED) is 0.508. The van der Waals surface area contributed by atoms with E-state index in [1.807, 2.05) is 36.4 Å². The number of nitrogens with one attached hydrogen (secondary N) is 2. The minimum atomic E-state index is 0.290. The number of aliphatic imine (C=N–C) groups is 1. The topological polar surface area (TPSA) is 80.2 Å². The van der Waals surface area contributed by atoms with Crippen LogP contribution in [0.25, 0.3) is 0 Å². The molecule has 1 aliphatic heterocycles. The highest BCUT2D eigenvalue weighted by atomic mass is 16.5. The zero-order chi connectivity index (χ0) is 21.3. The molecular weight excluding hydrogens is 382 g/mol. The van der Waals surface area contributed by atoms with Gasteiger partial charge in [-0.2, -0.15) is 0 Å². The predicted octanol–water partition coefficient (Wildman–Crippen LogP) is 2.44. The van der Waals surface area contributed by atoms with Gasteiger partial charge in [0.05, 0.1) is 33.6 Å². The molecule has 3 rings (SSSR count). The number of pyridine rings is 1. The highest BCUT2D eigenvalue weighted by Gasteiger charge is 2.24. The molecule has 0 radical (unpaired) electrons. The van der Waals surface area contributed by atoms with Gasteiger partial charge in [0.1, 0.15) is 11.5 Å². The van der Waals surface area contributed by atoms with Crippen LogP contribution in [0.15, 0.2) is 41.4 Å². The van der Waals surface area contributed by atoms with Gasteiger partial charge < -0.3 is 29.7 Å². The summed E-state index contributed by atoms with van der Waals surface area (Å²) in [4.78, 5) is 11.4. The summed E-state index contributed by atoms with van der Waals surface area (Å²) in [5.74, 6) is 2.97. The lowest BCUT2D eigenvalue weighted by Crippen LogP contribution is -2.44. The van der Waals surface area contributed by atoms with Crippen LogP contribution < -0.4 is 29.7 Å². The van der Waals surface area contributed by atoms with Crippen molar-refractivity contribution < 1.29 is 14.2 Å². The first kappa shape index (κ1) is 21.5. The number of rotatable bonds is 8. The number of methoxy groups -OCH3 is 3. The number of ether oxygens (including phenoxy) is 3. The summed E-state index contributed by atoms with van der Waals surface area (Å²) >= 11 is 0. The predicted molar refractivity (Wildman–Crippen MR) is 119 cm³/mol. The molecule has 8 heteroatoms. The minimum absolute atomic E-state index is 0.290. The molecule has 1 aromatic carbocycles. The largest absolute Gasteiger partial charge is 0.497 e. The Hall–Kier alpha value is -3.16. The van der Waals surface area contributed by atoms with Gasteiger partial charge in [0, 0.05) is 55.6 Å². The zero-order valence-electron chi connectivity index (χ0n) is 18.1. The second kappa shape index (κ2) is 10.6. The van der Waals surface area contributed by atoms with Crippen LogP contribution in [-0.4, -0.2) is 57.9 Å². The Balaban J connectivity index is 1.64. The van der Waals surface area contributed by atoms with Crippen LogP contribution in [0, 0.1) is 0 Å². The van der Waals surface area contributed by atoms with Crippen molar-refractivity contribution in [3.63, 3.8) is 0 Å². The van der Waals surface area contributed by atoms with E-state index < -0.39 is 0 Å². The minimum Gasteiger partial charge on any atom is -0.497 e. The molecule has 162 valence electrons. The summed E-state index contributed by atoms with van der Waals surface area (Å²) in [6.45, 7) is 5.16. The maximum atomic E-state index is 5.40. The molecule has 0 amide bonds. The van der Waals surface area contributed by atoms with Crippen molar-refractivity contribution in [2.45, 2.75) is 25.9 Å². The number of hydrogen-bond acceptors (Lipinski definition) is 6. The third kappa shape index (κ3) is 5.68. The number of hydrogen-bond donors (Lipinski definition) is 2. The number of aromatic nitrogens is 1. The number of anilines is 1. The first-order chi connectivity index (χ1) is 14.6. The number of guanidine groups is 1. The van der Waals surface area contributed by atoms with Crippen LogP contribution in [0.5, 0.6) is 17.4 Å². The number of benzene rings is 1. The summed E-state index contributed by atoms with van der Waals surface area (Å²) in [6, 6.07) is 12.0. The van der Waals surface area contributed by atoms with Crippen molar-refractivity contribution in [2.75, 3.05) is 45.9 Å². The van der Waals surface area contributed by atoms with Crippen molar-refractivity contribution in [1.82, 2.24) is 15.6 Å². The van der Waals surface area contributed by atoms with Crippen LogP contribution in [0.2, 0.25) is 0 Å². The monoisotopic (exact) mass is 413 g/mol. The zero-order valence-corrected chi connectivity index (χ0v) is 18.1. The molecule has 1 aliphatic rings. The maximum Gasteiger partial charge on any atom is 0.213 e. The van der Waals surface area contributed by atoms with E-state index in [9.17, 15) is 0 Å². The van der Waals surface area contributed by atoms with Gasteiger partial charge in [0.15, 0.2) is 5.96 Å². The molecule has 1 unspecified atom stereocenters. The summed E-state index contributed by atoms with van der Waals surface area (Å²) in [5.41, 5.74) is 1.96. The van der Waals surface area contributed by atoms with Gasteiger partial charge in [0.25, 0.3) is 0 Å². The molecule has 30 heavy (non-hydrogen) atoms. The van der Waals surface area contributed by atoms with Crippen LogP contribution >= 0.6 is 0 Å². The van der Waals surface area contributed by atoms with Gasteiger partial charge in [-0.25, -0.2) is 9.98 Å². The SMILES string of the molecule is CCNC(=NCc1cccc(OC)n1)NC1CCN(c2cc(OC)cc(OC)c2)C1. The van der Waals surface area contributed by atoms with E-state index in [0.717, 1.165) is 54.9 Å². The first-order valence-corrected chi connectivity index (χ1v) is 10.2. The standard InChI is InChI=1S/C22H31N5O3/c1-5-23-22(24-14-16-7-6-8-21(25-16)30-4)26-17-9-10-27(15-17)18-11-19(28-2)13-20(12-18)29-3/h6-8,11-13,17H,5,9-10,14-15H2,1-4H3,(H2,23,24,26). The van der Waals surface area contributed by atoms with Crippen molar-refractivity contribution in [3.8, 4) is 17.4 Å². The van der Waals surface area contributed by atoms with Crippen molar-refractivity contribution in [3.05, 3.63) is 42.1 Å². The maximum absolute atomic E-state index is 5.40. The molecule has 2 heterocycles. The van der Waals surface area contributed by atoms with E-state index in [1.165, 1.54) is 0 Å². The smallest absolute Gasteiger partial charge is 0.213 e. The Bertz CT molecular complexity index is 836. The first-order valence-electron chi connectivity index (χ1n) is 10.2. The van der Waals surface area contributed by atoms with E-state index in [1.54, 1.807) is 21.3 Å². The average molecular weight is 414 g/mol. The highest BCUT2D eigenvalue weighted by molar-refractivity contribution is 5.80. The Morgan fingerprint density at radius 2 is 1.90 bits per heavy atom. The van der Waals surface area contributed by atoms with Gasteiger partial charge in [-0.1, -0.05) is 6.07 Å². The van der Waals surface area contributed by atoms with E-state index in [4.69, 9.17) is 19.2 Å². The van der Waals surface area contributed by atoms with Crippen molar-refractivity contribution in [1.29, 1.82) is 0 Å². The molecule has 0 bridgehead atoms. The average Bonchev–Trinajstić information content (AvgIpc) is 3.26. The molecular formula is C22H31N5O3. The third-order valence-corrected chi connectivity index (χ3v) is 4.96. The fraction of sp³-hybridized carbons (Fsp3) is 0.455. The molecule has 0 spiro atoms. The molecule has 1 fully saturated rings. The van der Waals surface area contributed by atoms with Gasteiger partial charge in [-0.3, -0.25) is 0 Å². The lowest BCUT2D eigenvalue weighted by molar-refractivity contribution is 0.394. The Morgan fingerprint density at radius 1 is 1.13 bits per heavy atom. The molecule has 8 nitrogen and oxygen atoms in total. The third-order valence-electron chi connectivity index (χ3n) is 4.96. The van der Waals surface area contributed by atoms with Crippen LogP contribution in [-0.2, 0) is 6.54 Å². The molecule has 1 aromatic heterocycles.